The summed E-state index contributed by atoms with van der Waals surface area (Å²) in [5, 5.41) is 10.8. The largest absolute Gasteiger partial charge is 0.499 e. The maximum absolute atomic E-state index is 12.1. The van der Waals surface area contributed by atoms with E-state index in [4.69, 9.17) is 13.9 Å². The molecule has 0 saturated heterocycles. The summed E-state index contributed by atoms with van der Waals surface area (Å²) in [5.74, 6) is 0.315. The van der Waals surface area contributed by atoms with Gasteiger partial charge in [0.25, 0.3) is 0 Å². The molecule has 5 nitrogen and oxygen atoms in total. The van der Waals surface area contributed by atoms with E-state index in [-0.39, 0.29) is 5.75 Å². The zero-order valence-corrected chi connectivity index (χ0v) is 21.5. The number of aromatic hydroxyl groups is 1. The molecule has 0 aliphatic heterocycles. The second-order valence-corrected chi connectivity index (χ2v) is 9.23. The molecule has 0 fully saturated rings. The van der Waals surface area contributed by atoms with Crippen LogP contribution in [0, 0.1) is 0 Å². The molecule has 0 spiro atoms. The van der Waals surface area contributed by atoms with Crippen LogP contribution in [0.15, 0.2) is 50.7 Å². The van der Waals surface area contributed by atoms with Gasteiger partial charge in [-0.2, -0.15) is 0 Å². The fourth-order valence-corrected chi connectivity index (χ4v) is 3.76. The second kappa shape index (κ2) is 15.3. The fourth-order valence-electron chi connectivity index (χ4n) is 3.76. The van der Waals surface area contributed by atoms with Crippen LogP contribution in [-0.2, 0) is 0 Å². The number of hydrogen-bond donors (Lipinski definition) is 1. The molecule has 188 valence electrons. The van der Waals surface area contributed by atoms with Crippen molar-refractivity contribution in [2.45, 2.75) is 91.9 Å². The molecular formula is C29H42O5. The fraction of sp³-hybridized carbons (Fsp3) is 0.552. The Balaban J connectivity index is 1.91. The Hall–Kier alpha value is -2.69. The van der Waals surface area contributed by atoms with Gasteiger partial charge in [0.2, 0.25) is 5.75 Å². The van der Waals surface area contributed by atoms with Crippen molar-refractivity contribution < 1.29 is 19.0 Å². The van der Waals surface area contributed by atoms with Gasteiger partial charge < -0.3 is 19.0 Å². The average molecular weight is 471 g/mol. The van der Waals surface area contributed by atoms with Crippen molar-refractivity contribution in [3.05, 3.63) is 51.9 Å². The molecule has 1 N–H and O–H groups in total. The van der Waals surface area contributed by atoms with Gasteiger partial charge in [-0.25, -0.2) is 4.79 Å². The Morgan fingerprint density at radius 2 is 1.68 bits per heavy atom. The quantitative estimate of drug-likeness (QED) is 0.152. The first kappa shape index (κ1) is 27.6. The van der Waals surface area contributed by atoms with Crippen LogP contribution >= 0.6 is 0 Å². The molecule has 0 amide bonds. The van der Waals surface area contributed by atoms with Crippen LogP contribution in [-0.4, -0.2) is 18.3 Å². The predicted molar refractivity (Wildman–Crippen MR) is 140 cm³/mol. The number of hydrogen-bond acceptors (Lipinski definition) is 5. The van der Waals surface area contributed by atoms with Crippen molar-refractivity contribution in [2.75, 3.05) is 13.2 Å². The molecule has 5 heteroatoms. The van der Waals surface area contributed by atoms with Gasteiger partial charge in [-0.05, 0) is 58.2 Å². The first-order valence-corrected chi connectivity index (χ1v) is 12.8. The minimum Gasteiger partial charge on any atom is -0.499 e. The lowest BCUT2D eigenvalue weighted by molar-refractivity contribution is 0.285. The highest BCUT2D eigenvalue weighted by molar-refractivity contribution is 5.86. The lowest BCUT2D eigenvalue weighted by Gasteiger charge is -2.11. The van der Waals surface area contributed by atoms with E-state index in [1.807, 2.05) is 0 Å². The number of ether oxygens (including phenoxy) is 2. The maximum atomic E-state index is 12.1. The van der Waals surface area contributed by atoms with E-state index in [1.165, 1.54) is 49.7 Å². The summed E-state index contributed by atoms with van der Waals surface area (Å²) in [6, 6.07) is 5.24. The smallest absolute Gasteiger partial charge is 0.382 e. The van der Waals surface area contributed by atoms with Crippen LogP contribution in [0.25, 0.3) is 11.0 Å². The van der Waals surface area contributed by atoms with E-state index < -0.39 is 11.4 Å². The van der Waals surface area contributed by atoms with Crippen molar-refractivity contribution in [2.24, 2.45) is 0 Å². The highest BCUT2D eigenvalue weighted by Gasteiger charge is 2.16. The van der Waals surface area contributed by atoms with E-state index in [0.29, 0.717) is 29.9 Å². The molecule has 0 unspecified atom stereocenters. The van der Waals surface area contributed by atoms with E-state index in [0.717, 1.165) is 25.7 Å². The second-order valence-electron chi connectivity index (χ2n) is 9.23. The molecule has 1 aromatic heterocycles. The molecule has 0 radical (unpaired) electrons. The number of allylic oxidation sites excluding steroid dienone is 3. The standard InChI is InChI=1S/C29H42O5/c1-5-6-7-8-9-10-11-12-19-33-28-25-17-16-24(21-26(25)34-29(31)27(28)30)32-20-18-23(4)15-13-14-22(2)3/h14,16-18,21,30H,5-13,15,19-20H2,1-4H3. The molecule has 1 aromatic carbocycles. The molecule has 0 bridgehead atoms. The molecule has 0 atom stereocenters. The number of benzene rings is 1. The molecule has 0 aliphatic carbocycles. The minimum absolute atomic E-state index is 0.191. The lowest BCUT2D eigenvalue weighted by Crippen LogP contribution is -2.05. The summed E-state index contributed by atoms with van der Waals surface area (Å²) >= 11 is 0. The highest BCUT2D eigenvalue weighted by Crippen LogP contribution is 2.34. The van der Waals surface area contributed by atoms with Crippen molar-refractivity contribution in [3.8, 4) is 17.2 Å². The van der Waals surface area contributed by atoms with Gasteiger partial charge in [0.15, 0.2) is 5.75 Å². The molecule has 0 aliphatic rings. The van der Waals surface area contributed by atoms with Crippen LogP contribution in [0.4, 0.5) is 0 Å². The molecule has 2 rings (SSSR count). The lowest BCUT2D eigenvalue weighted by atomic mass is 10.1. The van der Waals surface area contributed by atoms with Gasteiger partial charge in [-0.3, -0.25) is 0 Å². The van der Waals surface area contributed by atoms with Gasteiger partial charge in [0.05, 0.1) is 12.0 Å². The Labute approximate surface area is 204 Å². The zero-order chi connectivity index (χ0) is 24.8. The van der Waals surface area contributed by atoms with Crippen molar-refractivity contribution in [1.82, 2.24) is 0 Å². The van der Waals surface area contributed by atoms with Gasteiger partial charge in [-0.1, -0.05) is 69.1 Å². The zero-order valence-electron chi connectivity index (χ0n) is 21.5. The van der Waals surface area contributed by atoms with Crippen LogP contribution in [0.3, 0.4) is 0 Å². The highest BCUT2D eigenvalue weighted by atomic mass is 16.5. The van der Waals surface area contributed by atoms with Crippen LogP contribution in [0.5, 0.6) is 17.2 Å². The minimum atomic E-state index is -0.800. The van der Waals surface area contributed by atoms with Crippen LogP contribution in [0.2, 0.25) is 0 Å². The monoisotopic (exact) mass is 470 g/mol. The van der Waals surface area contributed by atoms with E-state index in [9.17, 15) is 9.90 Å². The van der Waals surface area contributed by atoms with Crippen LogP contribution < -0.4 is 15.1 Å². The van der Waals surface area contributed by atoms with Crippen molar-refractivity contribution in [3.63, 3.8) is 0 Å². The summed E-state index contributed by atoms with van der Waals surface area (Å²) in [4.78, 5) is 12.1. The number of unbranched alkanes of at least 4 members (excludes halogenated alkanes) is 7. The van der Waals surface area contributed by atoms with Gasteiger partial charge >= 0.3 is 5.63 Å². The summed E-state index contributed by atoms with van der Waals surface area (Å²) in [6.45, 7) is 9.43. The number of fused-ring (bicyclic) bond motifs is 1. The average Bonchev–Trinajstić information content (AvgIpc) is 2.80. The normalized spacial score (nSPS) is 11.6. The van der Waals surface area contributed by atoms with Gasteiger partial charge in [-0.15, -0.1) is 0 Å². The summed E-state index contributed by atoms with van der Waals surface area (Å²) in [5.41, 5.74) is 2.14. The molecule has 2 aromatic rings. The Morgan fingerprint density at radius 1 is 0.971 bits per heavy atom. The van der Waals surface area contributed by atoms with E-state index >= 15 is 0 Å². The van der Waals surface area contributed by atoms with E-state index in [2.05, 4.69) is 39.8 Å². The molecular weight excluding hydrogens is 428 g/mol. The number of rotatable bonds is 16. The summed E-state index contributed by atoms with van der Waals surface area (Å²) in [7, 11) is 0. The maximum Gasteiger partial charge on any atom is 0.382 e. The Morgan fingerprint density at radius 3 is 2.38 bits per heavy atom. The third-order valence-corrected chi connectivity index (χ3v) is 5.83. The topological polar surface area (TPSA) is 68.9 Å². The third kappa shape index (κ3) is 9.66. The third-order valence-electron chi connectivity index (χ3n) is 5.83. The van der Waals surface area contributed by atoms with Crippen molar-refractivity contribution in [1.29, 1.82) is 0 Å². The molecule has 0 saturated carbocycles. The molecule has 34 heavy (non-hydrogen) atoms. The Kier molecular flexibility index (Phi) is 12.4. The first-order chi connectivity index (χ1) is 16.4. The first-order valence-electron chi connectivity index (χ1n) is 12.8. The van der Waals surface area contributed by atoms with Gasteiger partial charge in [0, 0.05) is 6.07 Å². The van der Waals surface area contributed by atoms with Crippen molar-refractivity contribution >= 4 is 11.0 Å². The summed E-state index contributed by atoms with van der Waals surface area (Å²) < 4.78 is 16.9. The van der Waals surface area contributed by atoms with Gasteiger partial charge in [0.1, 0.15) is 17.9 Å². The van der Waals surface area contributed by atoms with Crippen LogP contribution in [0.1, 0.15) is 91.9 Å². The van der Waals surface area contributed by atoms with E-state index in [1.54, 1.807) is 18.2 Å². The molecule has 1 heterocycles. The SMILES string of the molecule is CCCCCCCCCCOc1c(O)c(=O)oc2cc(OCC=C(C)CCC=C(C)C)ccc12. The Bertz CT molecular complexity index is 995. The summed E-state index contributed by atoms with van der Waals surface area (Å²) in [6.07, 6.45) is 15.9. The predicted octanol–water partition coefficient (Wildman–Crippen LogP) is 8.09.